The van der Waals surface area contributed by atoms with Crippen LogP contribution in [0, 0.1) is 5.41 Å². The SMILES string of the molecule is CC1(C)CCCCC1NCC(=O)Nc1ccncc1. The molecule has 19 heavy (non-hydrogen) atoms. The summed E-state index contributed by atoms with van der Waals surface area (Å²) in [4.78, 5) is 15.8. The van der Waals surface area contributed by atoms with Crippen molar-refractivity contribution < 1.29 is 4.79 Å². The first kappa shape index (κ1) is 14.0. The lowest BCUT2D eigenvalue weighted by molar-refractivity contribution is -0.115. The molecule has 1 heterocycles. The second kappa shape index (κ2) is 6.15. The van der Waals surface area contributed by atoms with Gasteiger partial charge in [-0.05, 0) is 30.4 Å². The van der Waals surface area contributed by atoms with E-state index in [0.29, 0.717) is 12.6 Å². The summed E-state index contributed by atoms with van der Waals surface area (Å²) in [6.45, 7) is 4.94. The Kier molecular flexibility index (Phi) is 4.53. The Bertz CT molecular complexity index is 417. The maximum atomic E-state index is 11.9. The lowest BCUT2D eigenvalue weighted by Gasteiger charge is -2.39. The molecule has 1 amide bonds. The topological polar surface area (TPSA) is 54.0 Å². The smallest absolute Gasteiger partial charge is 0.238 e. The van der Waals surface area contributed by atoms with Crippen molar-refractivity contribution >= 4 is 11.6 Å². The highest BCUT2D eigenvalue weighted by atomic mass is 16.1. The molecule has 104 valence electrons. The van der Waals surface area contributed by atoms with Gasteiger partial charge in [0.25, 0.3) is 0 Å². The van der Waals surface area contributed by atoms with Crippen LogP contribution in [0.15, 0.2) is 24.5 Å². The summed E-state index contributed by atoms with van der Waals surface area (Å²) in [6, 6.07) is 4.02. The van der Waals surface area contributed by atoms with Crippen LogP contribution >= 0.6 is 0 Å². The van der Waals surface area contributed by atoms with Gasteiger partial charge in [-0.25, -0.2) is 0 Å². The maximum absolute atomic E-state index is 11.9. The third-order valence-corrected chi connectivity index (χ3v) is 3.98. The molecule has 0 aromatic carbocycles. The summed E-state index contributed by atoms with van der Waals surface area (Å²) in [5, 5.41) is 6.27. The van der Waals surface area contributed by atoms with Gasteiger partial charge in [0, 0.05) is 24.1 Å². The van der Waals surface area contributed by atoms with Crippen molar-refractivity contribution in [2.24, 2.45) is 5.41 Å². The highest BCUT2D eigenvalue weighted by molar-refractivity contribution is 5.92. The molecule has 1 aliphatic rings. The Labute approximate surface area is 115 Å². The fraction of sp³-hybridized carbons (Fsp3) is 0.600. The van der Waals surface area contributed by atoms with Crippen LogP contribution in [-0.4, -0.2) is 23.5 Å². The number of amides is 1. The summed E-state index contributed by atoms with van der Waals surface area (Å²) >= 11 is 0. The van der Waals surface area contributed by atoms with E-state index in [0.717, 1.165) is 12.1 Å². The van der Waals surface area contributed by atoms with Crippen LogP contribution in [0.4, 0.5) is 5.69 Å². The molecule has 0 aliphatic heterocycles. The summed E-state index contributed by atoms with van der Waals surface area (Å²) in [6.07, 6.45) is 8.30. The molecule has 0 spiro atoms. The number of rotatable bonds is 4. The highest BCUT2D eigenvalue weighted by Crippen LogP contribution is 2.35. The van der Waals surface area contributed by atoms with Gasteiger partial charge >= 0.3 is 0 Å². The number of carbonyl (C=O) groups is 1. The minimum absolute atomic E-state index is 0.00701. The number of hydrogen-bond acceptors (Lipinski definition) is 3. The van der Waals surface area contributed by atoms with Gasteiger partial charge in [-0.2, -0.15) is 0 Å². The average Bonchev–Trinajstić information content (AvgIpc) is 2.38. The van der Waals surface area contributed by atoms with Crippen molar-refractivity contribution in [2.75, 3.05) is 11.9 Å². The van der Waals surface area contributed by atoms with E-state index in [2.05, 4.69) is 29.5 Å². The van der Waals surface area contributed by atoms with Gasteiger partial charge < -0.3 is 10.6 Å². The second-order valence-corrected chi connectivity index (χ2v) is 5.95. The molecule has 1 unspecified atom stereocenters. The van der Waals surface area contributed by atoms with Crippen molar-refractivity contribution in [3.05, 3.63) is 24.5 Å². The van der Waals surface area contributed by atoms with Crippen molar-refractivity contribution in [3.63, 3.8) is 0 Å². The van der Waals surface area contributed by atoms with Crippen molar-refractivity contribution in [1.29, 1.82) is 0 Å². The lowest BCUT2D eigenvalue weighted by atomic mass is 9.73. The van der Waals surface area contributed by atoms with Gasteiger partial charge in [0.05, 0.1) is 6.54 Å². The number of carbonyl (C=O) groups excluding carboxylic acids is 1. The molecular formula is C15H23N3O. The fourth-order valence-corrected chi connectivity index (χ4v) is 2.73. The van der Waals surface area contributed by atoms with E-state index >= 15 is 0 Å². The van der Waals surface area contributed by atoms with E-state index in [9.17, 15) is 4.79 Å². The summed E-state index contributed by atoms with van der Waals surface area (Å²) in [5.41, 5.74) is 1.08. The largest absolute Gasteiger partial charge is 0.325 e. The van der Waals surface area contributed by atoms with E-state index in [1.165, 1.54) is 19.3 Å². The molecule has 1 saturated carbocycles. The summed E-state index contributed by atoms with van der Waals surface area (Å²) < 4.78 is 0. The number of hydrogen-bond donors (Lipinski definition) is 2. The maximum Gasteiger partial charge on any atom is 0.238 e. The fourth-order valence-electron chi connectivity index (χ4n) is 2.73. The molecule has 4 heteroatoms. The predicted molar refractivity (Wildman–Crippen MR) is 76.9 cm³/mol. The minimum atomic E-state index is 0.00701. The third kappa shape index (κ3) is 4.03. The number of anilines is 1. The zero-order valence-corrected chi connectivity index (χ0v) is 11.8. The van der Waals surface area contributed by atoms with Gasteiger partial charge in [0.2, 0.25) is 5.91 Å². The van der Waals surface area contributed by atoms with E-state index in [1.54, 1.807) is 24.5 Å². The standard InChI is InChI=1S/C15H23N3O/c1-15(2)8-4-3-5-13(15)17-11-14(19)18-12-6-9-16-10-7-12/h6-7,9-10,13,17H,3-5,8,11H2,1-2H3,(H,16,18,19). The number of pyridine rings is 1. The minimum Gasteiger partial charge on any atom is -0.325 e. The first-order valence-electron chi connectivity index (χ1n) is 7.01. The summed E-state index contributed by atoms with van der Waals surface area (Å²) in [5.74, 6) is 0.00701. The van der Waals surface area contributed by atoms with E-state index in [1.807, 2.05) is 0 Å². The Morgan fingerprint density at radius 1 is 1.37 bits per heavy atom. The van der Waals surface area contributed by atoms with Crippen molar-refractivity contribution in [1.82, 2.24) is 10.3 Å². The molecule has 2 rings (SSSR count). The van der Waals surface area contributed by atoms with E-state index in [4.69, 9.17) is 0 Å². The first-order chi connectivity index (χ1) is 9.08. The molecule has 4 nitrogen and oxygen atoms in total. The van der Waals surface area contributed by atoms with Crippen LogP contribution in [0.25, 0.3) is 0 Å². The molecule has 0 radical (unpaired) electrons. The van der Waals surface area contributed by atoms with Crippen molar-refractivity contribution in [2.45, 2.75) is 45.6 Å². The molecule has 1 atom stereocenters. The van der Waals surface area contributed by atoms with E-state index < -0.39 is 0 Å². The molecule has 2 N–H and O–H groups in total. The van der Waals surface area contributed by atoms with Crippen LogP contribution in [0.2, 0.25) is 0 Å². The molecule has 1 aromatic rings. The van der Waals surface area contributed by atoms with E-state index in [-0.39, 0.29) is 11.3 Å². The van der Waals surface area contributed by atoms with Crippen molar-refractivity contribution in [3.8, 4) is 0 Å². The van der Waals surface area contributed by atoms with Gasteiger partial charge in [-0.1, -0.05) is 26.7 Å². The molecule has 1 aromatic heterocycles. The van der Waals surface area contributed by atoms with Gasteiger partial charge in [0.15, 0.2) is 0 Å². The molecular weight excluding hydrogens is 238 g/mol. The number of aromatic nitrogens is 1. The Balaban J connectivity index is 1.80. The molecule has 1 fully saturated rings. The van der Waals surface area contributed by atoms with Gasteiger partial charge in [-0.15, -0.1) is 0 Å². The van der Waals surface area contributed by atoms with Crippen LogP contribution in [0.3, 0.4) is 0 Å². The number of nitrogens with zero attached hydrogens (tertiary/aromatic N) is 1. The van der Waals surface area contributed by atoms with Crippen LogP contribution in [-0.2, 0) is 4.79 Å². The summed E-state index contributed by atoms with van der Waals surface area (Å²) in [7, 11) is 0. The van der Waals surface area contributed by atoms with Gasteiger partial charge in [-0.3, -0.25) is 9.78 Å². The number of nitrogens with one attached hydrogen (secondary N) is 2. The van der Waals surface area contributed by atoms with Gasteiger partial charge in [0.1, 0.15) is 0 Å². The highest BCUT2D eigenvalue weighted by Gasteiger charge is 2.31. The van der Waals surface area contributed by atoms with Crippen LogP contribution in [0.5, 0.6) is 0 Å². The monoisotopic (exact) mass is 261 g/mol. The average molecular weight is 261 g/mol. The molecule has 0 bridgehead atoms. The molecule has 0 saturated heterocycles. The normalized spacial score (nSPS) is 21.9. The zero-order chi connectivity index (χ0) is 13.7. The van der Waals surface area contributed by atoms with Crippen LogP contribution < -0.4 is 10.6 Å². The lowest BCUT2D eigenvalue weighted by Crippen LogP contribution is -2.46. The predicted octanol–water partition coefficient (Wildman–Crippen LogP) is 2.58. The Morgan fingerprint density at radius 3 is 2.79 bits per heavy atom. The first-order valence-corrected chi connectivity index (χ1v) is 7.01. The molecule has 1 aliphatic carbocycles. The quantitative estimate of drug-likeness (QED) is 0.876. The second-order valence-electron chi connectivity index (χ2n) is 5.95. The van der Waals surface area contributed by atoms with Crippen LogP contribution in [0.1, 0.15) is 39.5 Å². The Hall–Kier alpha value is -1.42. The zero-order valence-electron chi connectivity index (χ0n) is 11.8. The third-order valence-electron chi connectivity index (χ3n) is 3.98. The Morgan fingerprint density at radius 2 is 2.11 bits per heavy atom.